The first-order valence-electron chi connectivity index (χ1n) is 14.6. The zero-order valence-corrected chi connectivity index (χ0v) is 27.4. The van der Waals surface area contributed by atoms with Crippen LogP contribution in [-0.4, -0.2) is 53.1 Å². The van der Waals surface area contributed by atoms with E-state index in [1.165, 1.54) is 14.2 Å². The quantitative estimate of drug-likeness (QED) is 0.0985. The highest BCUT2D eigenvalue weighted by molar-refractivity contribution is 7.89. The van der Waals surface area contributed by atoms with Crippen LogP contribution in [0.5, 0.6) is 5.75 Å². The van der Waals surface area contributed by atoms with Crippen LogP contribution in [0, 0.1) is 6.92 Å². The molecule has 0 aliphatic heterocycles. The predicted molar refractivity (Wildman–Crippen MR) is 184 cm³/mol. The highest BCUT2D eigenvalue weighted by Crippen LogP contribution is 2.29. The van der Waals surface area contributed by atoms with Crippen molar-refractivity contribution in [2.75, 3.05) is 42.4 Å². The number of aryl methyl sites for hydroxylation is 1. The molecule has 0 unspecified atom stereocenters. The molecule has 0 bridgehead atoms. The van der Waals surface area contributed by atoms with Crippen molar-refractivity contribution in [1.29, 1.82) is 0 Å². The summed E-state index contributed by atoms with van der Waals surface area (Å²) in [6.07, 6.45) is 0.517. The average Bonchev–Trinajstić information content (AvgIpc) is 3.09. The Morgan fingerprint density at radius 3 is 1.96 bits per heavy atom. The summed E-state index contributed by atoms with van der Waals surface area (Å²) in [6, 6.07) is 29.5. The lowest BCUT2D eigenvalue weighted by Gasteiger charge is -2.24. The van der Waals surface area contributed by atoms with Crippen molar-refractivity contribution < 1.29 is 27.9 Å². The first kappa shape index (κ1) is 35.4. The molecular formula is C35H40N4O6S. The van der Waals surface area contributed by atoms with Gasteiger partial charge in [-0.25, -0.2) is 13.1 Å². The summed E-state index contributed by atoms with van der Waals surface area (Å²) in [5.41, 5.74) is 3.09. The van der Waals surface area contributed by atoms with Crippen LogP contribution in [-0.2, 0) is 19.6 Å². The van der Waals surface area contributed by atoms with E-state index in [1.807, 2.05) is 19.1 Å². The minimum atomic E-state index is -3.26. The molecule has 242 valence electrons. The van der Waals surface area contributed by atoms with E-state index in [9.17, 15) is 23.1 Å². The largest absolute Gasteiger partial charge is 0.505 e. The summed E-state index contributed by atoms with van der Waals surface area (Å²) < 4.78 is 30.0. The van der Waals surface area contributed by atoms with Gasteiger partial charge < -0.3 is 20.1 Å². The Kier molecular flexibility index (Phi) is 12.9. The second-order valence-electron chi connectivity index (χ2n) is 9.90. The Hall–Kier alpha value is -5.13. The molecule has 2 amide bonds. The third-order valence-corrected chi connectivity index (χ3v) is 8.47. The number of hydrogen-bond donors (Lipinski definition) is 3. The number of rotatable bonds is 12. The first-order chi connectivity index (χ1) is 22.1. The number of nitrogens with one attached hydrogen (secondary N) is 2. The Labute approximate surface area is 271 Å². The van der Waals surface area contributed by atoms with Crippen LogP contribution in [0.15, 0.2) is 114 Å². The second kappa shape index (κ2) is 16.8. The maximum absolute atomic E-state index is 13.4. The van der Waals surface area contributed by atoms with Crippen molar-refractivity contribution >= 4 is 45.2 Å². The Morgan fingerprint density at radius 2 is 1.41 bits per heavy atom. The first-order valence-corrected chi connectivity index (χ1v) is 16.1. The Morgan fingerprint density at radius 1 is 0.848 bits per heavy atom. The topological polar surface area (TPSA) is 128 Å². The molecule has 4 rings (SSSR count). The Bertz CT molecular complexity index is 1720. The van der Waals surface area contributed by atoms with Crippen molar-refractivity contribution in [2.45, 2.75) is 25.7 Å². The van der Waals surface area contributed by atoms with Gasteiger partial charge in [0.1, 0.15) is 5.75 Å². The number of para-hydroxylation sites is 2. The Balaban J connectivity index is 0.000000402. The van der Waals surface area contributed by atoms with Gasteiger partial charge in [-0.2, -0.15) is 0 Å². The summed E-state index contributed by atoms with van der Waals surface area (Å²) in [5, 5.41) is 13.9. The van der Waals surface area contributed by atoms with E-state index in [-0.39, 0.29) is 11.5 Å². The fourth-order valence-corrected chi connectivity index (χ4v) is 5.21. The van der Waals surface area contributed by atoms with E-state index in [0.717, 1.165) is 29.2 Å². The number of ether oxygens (including phenoxy) is 1. The van der Waals surface area contributed by atoms with Gasteiger partial charge in [0, 0.05) is 30.0 Å². The predicted octanol–water partition coefficient (Wildman–Crippen LogP) is 5.97. The van der Waals surface area contributed by atoms with Crippen LogP contribution in [0.25, 0.3) is 5.76 Å². The smallest absolute Gasteiger partial charge is 0.276 e. The number of aliphatic hydroxyl groups is 1. The molecule has 0 aromatic heterocycles. The molecule has 11 heteroatoms. The van der Waals surface area contributed by atoms with Gasteiger partial charge in [-0.15, -0.1) is 0 Å². The van der Waals surface area contributed by atoms with Crippen LogP contribution in [0.1, 0.15) is 25.0 Å². The molecule has 3 N–H and O–H groups in total. The zero-order chi connectivity index (χ0) is 33.7. The highest BCUT2D eigenvalue weighted by Gasteiger charge is 2.26. The average molecular weight is 645 g/mol. The molecule has 4 aromatic rings. The van der Waals surface area contributed by atoms with E-state index in [0.29, 0.717) is 34.0 Å². The number of anilines is 3. The van der Waals surface area contributed by atoms with Crippen molar-refractivity contribution in [3.63, 3.8) is 0 Å². The van der Waals surface area contributed by atoms with Gasteiger partial charge in [0.2, 0.25) is 16.4 Å². The molecule has 0 aliphatic rings. The standard InChI is InChI=1S/C27H29N3O4.C8H11NO2S/c1-4-29(5-2)21-15-17-22(18-16-21)30(19-31)25(26(32)20-11-7-6-8-12-20)27(33)28-23-13-9-10-14-24(23)34-3;1-7-3-5-8(6-4-7)12(10,11)9-2/h6-19,32H,4-5H2,1-3H3,(H,28,33);3-6,9H,1-2H3/b26-25-;. The molecule has 0 spiro atoms. The SMILES string of the molecule is CCN(CC)c1ccc(N(C=O)/C(C(=O)Nc2ccccc2OC)=C(\O)c2ccccc2)cc1.CNS(=O)(=O)c1ccc(C)cc1. The van der Waals surface area contributed by atoms with Crippen LogP contribution < -0.4 is 24.6 Å². The molecule has 0 radical (unpaired) electrons. The molecular weight excluding hydrogens is 604 g/mol. The summed E-state index contributed by atoms with van der Waals surface area (Å²) >= 11 is 0. The van der Waals surface area contributed by atoms with Crippen LogP contribution >= 0.6 is 0 Å². The van der Waals surface area contributed by atoms with Crippen LogP contribution in [0.3, 0.4) is 0 Å². The van der Waals surface area contributed by atoms with Crippen molar-refractivity contribution in [3.05, 3.63) is 120 Å². The number of nitrogens with zero attached hydrogens (tertiary/aromatic N) is 2. The van der Waals surface area contributed by atoms with Gasteiger partial charge in [0.15, 0.2) is 11.5 Å². The van der Waals surface area contributed by atoms with Gasteiger partial charge in [0.05, 0.1) is 17.7 Å². The summed E-state index contributed by atoms with van der Waals surface area (Å²) in [5.74, 6) is -0.533. The van der Waals surface area contributed by atoms with Gasteiger partial charge in [-0.3, -0.25) is 14.5 Å². The van der Waals surface area contributed by atoms with Crippen molar-refractivity contribution in [1.82, 2.24) is 4.72 Å². The lowest BCUT2D eigenvalue weighted by atomic mass is 10.1. The highest BCUT2D eigenvalue weighted by atomic mass is 32.2. The van der Waals surface area contributed by atoms with Gasteiger partial charge in [-0.1, -0.05) is 60.2 Å². The van der Waals surface area contributed by atoms with E-state index in [2.05, 4.69) is 28.8 Å². The molecule has 0 aliphatic carbocycles. The van der Waals surface area contributed by atoms with Crippen LogP contribution in [0.4, 0.5) is 17.1 Å². The minimum absolute atomic E-state index is 0.206. The fourth-order valence-electron chi connectivity index (χ4n) is 4.48. The number of sulfonamides is 1. The summed E-state index contributed by atoms with van der Waals surface area (Å²) in [6.45, 7) is 7.73. The van der Waals surface area contributed by atoms with E-state index >= 15 is 0 Å². The lowest BCUT2D eigenvalue weighted by Crippen LogP contribution is -2.31. The maximum atomic E-state index is 13.4. The summed E-state index contributed by atoms with van der Waals surface area (Å²) in [4.78, 5) is 29.3. The van der Waals surface area contributed by atoms with Gasteiger partial charge >= 0.3 is 0 Å². The van der Waals surface area contributed by atoms with Gasteiger partial charge in [0.25, 0.3) is 5.91 Å². The number of carbonyl (C=O) groups is 2. The molecule has 0 saturated carbocycles. The normalized spacial score (nSPS) is 11.3. The molecule has 10 nitrogen and oxygen atoms in total. The lowest BCUT2D eigenvalue weighted by molar-refractivity contribution is -0.114. The maximum Gasteiger partial charge on any atom is 0.276 e. The van der Waals surface area contributed by atoms with E-state index in [1.54, 1.807) is 91.0 Å². The number of carbonyl (C=O) groups excluding carboxylic acids is 2. The van der Waals surface area contributed by atoms with Gasteiger partial charge in [-0.05, 0) is 76.3 Å². The number of hydrogen-bond acceptors (Lipinski definition) is 7. The second-order valence-corrected chi connectivity index (χ2v) is 11.8. The number of methoxy groups -OCH3 is 1. The molecule has 0 saturated heterocycles. The number of amides is 2. The third kappa shape index (κ3) is 8.96. The van der Waals surface area contributed by atoms with E-state index < -0.39 is 15.9 Å². The molecule has 4 aromatic carbocycles. The third-order valence-electron chi connectivity index (χ3n) is 7.04. The minimum Gasteiger partial charge on any atom is -0.505 e. The van der Waals surface area contributed by atoms with Crippen molar-refractivity contribution in [2.24, 2.45) is 0 Å². The number of benzene rings is 4. The molecule has 0 atom stereocenters. The molecule has 46 heavy (non-hydrogen) atoms. The monoisotopic (exact) mass is 644 g/mol. The molecule has 0 fully saturated rings. The number of aliphatic hydroxyl groups excluding tert-OH is 1. The van der Waals surface area contributed by atoms with Crippen molar-refractivity contribution in [3.8, 4) is 5.75 Å². The van der Waals surface area contributed by atoms with E-state index in [4.69, 9.17) is 4.74 Å². The zero-order valence-electron chi connectivity index (χ0n) is 26.6. The fraction of sp³-hybridized carbons (Fsp3) is 0.200. The van der Waals surface area contributed by atoms with Crippen LogP contribution in [0.2, 0.25) is 0 Å². The summed E-state index contributed by atoms with van der Waals surface area (Å²) in [7, 11) is -0.369. The molecule has 0 heterocycles.